The van der Waals surface area contributed by atoms with Gasteiger partial charge in [-0.25, -0.2) is 4.79 Å². The van der Waals surface area contributed by atoms with Crippen LogP contribution in [0.5, 0.6) is 0 Å². The van der Waals surface area contributed by atoms with Crippen LogP contribution in [0.3, 0.4) is 0 Å². The molecule has 0 unspecified atom stereocenters. The van der Waals surface area contributed by atoms with Gasteiger partial charge in [0.2, 0.25) is 5.91 Å². The number of ketones is 1. The maximum absolute atomic E-state index is 12.2. The largest absolute Gasteiger partial charge is 0.478 e. The average molecular weight is 367 g/mol. The first-order chi connectivity index (χ1) is 11.5. The minimum atomic E-state index is -3.68. The number of hydrogen-bond acceptors (Lipinski definition) is 5. The Morgan fingerprint density at radius 1 is 1.08 bits per heavy atom. The summed E-state index contributed by atoms with van der Waals surface area (Å²) in [5.74, 6) is -2.70. The Kier molecular flexibility index (Phi) is 4.58. The van der Waals surface area contributed by atoms with Crippen molar-refractivity contribution in [2.75, 3.05) is 27.6 Å². The number of rotatable bonds is 4. The van der Waals surface area contributed by atoms with Crippen LogP contribution < -0.4 is 13.5 Å². The Bertz CT molecular complexity index is 890. The summed E-state index contributed by atoms with van der Waals surface area (Å²) in [4.78, 5) is 35.6. The molecular weight excluding hydrogens is 350 g/mol. The van der Waals surface area contributed by atoms with Crippen molar-refractivity contribution in [3.8, 4) is 0 Å². The smallest absolute Gasteiger partial charge is 0.340 e. The number of nitrogens with zero attached hydrogens (tertiary/aromatic N) is 3. The van der Waals surface area contributed by atoms with Crippen molar-refractivity contribution >= 4 is 44.9 Å². The molecule has 0 aliphatic carbocycles. The molecule has 134 valence electrons. The molecule has 9 nitrogen and oxygen atoms in total. The third-order valence-electron chi connectivity index (χ3n) is 3.81. The highest BCUT2D eigenvalue weighted by Gasteiger charge is 2.35. The van der Waals surface area contributed by atoms with E-state index in [1.54, 1.807) is 0 Å². The zero-order chi connectivity index (χ0) is 19.1. The lowest BCUT2D eigenvalue weighted by atomic mass is 10.2. The maximum atomic E-state index is 12.2. The van der Waals surface area contributed by atoms with E-state index in [2.05, 4.69) is 0 Å². The number of carbonyl (C=O) groups is 3. The first-order valence-corrected chi connectivity index (χ1v) is 8.51. The zero-order valence-corrected chi connectivity index (χ0v) is 14.9. The molecule has 0 fully saturated rings. The minimum Gasteiger partial charge on any atom is -0.478 e. The van der Waals surface area contributed by atoms with Crippen molar-refractivity contribution in [3.63, 3.8) is 0 Å². The van der Waals surface area contributed by atoms with Crippen LogP contribution in [0.15, 0.2) is 30.0 Å². The van der Waals surface area contributed by atoms with Gasteiger partial charge in [0.25, 0.3) is 0 Å². The van der Waals surface area contributed by atoms with Crippen LogP contribution in [-0.2, 0) is 24.6 Å². The molecule has 0 saturated heterocycles. The summed E-state index contributed by atoms with van der Waals surface area (Å²) in [6.07, 6.45) is 0.932. The fourth-order valence-electron chi connectivity index (χ4n) is 2.39. The number of carboxylic acids is 1. The highest BCUT2D eigenvalue weighted by molar-refractivity contribution is 7.94. The van der Waals surface area contributed by atoms with E-state index in [1.807, 2.05) is 0 Å². The summed E-state index contributed by atoms with van der Waals surface area (Å²) in [7, 11) is -0.906. The summed E-state index contributed by atoms with van der Waals surface area (Å²) in [6, 6.07) is 4.42. The fourth-order valence-corrected chi connectivity index (χ4v) is 3.55. The van der Waals surface area contributed by atoms with Crippen LogP contribution in [-0.4, -0.2) is 45.3 Å². The van der Waals surface area contributed by atoms with E-state index in [0.717, 1.165) is 26.6 Å². The number of benzene rings is 1. The lowest BCUT2D eigenvalue weighted by molar-refractivity contribution is -0.134. The van der Waals surface area contributed by atoms with Gasteiger partial charge >= 0.3 is 16.2 Å². The normalized spacial score (nSPS) is 15.8. The Hall–Kier alpha value is -2.88. The summed E-state index contributed by atoms with van der Waals surface area (Å²) in [5, 5.41) is 9.10. The van der Waals surface area contributed by atoms with Crippen molar-refractivity contribution in [1.29, 1.82) is 0 Å². The number of hydrogen-bond donors (Lipinski definition) is 1. The molecule has 1 heterocycles. The average Bonchev–Trinajstić information content (AvgIpc) is 2.67. The molecule has 0 aromatic heterocycles. The van der Waals surface area contributed by atoms with Gasteiger partial charge in [0.05, 0.1) is 17.1 Å². The Morgan fingerprint density at radius 2 is 1.64 bits per heavy atom. The minimum absolute atomic E-state index is 0.239. The number of aliphatic carboxylic acids is 1. The van der Waals surface area contributed by atoms with Gasteiger partial charge in [-0.15, -0.1) is 0 Å². The third kappa shape index (κ3) is 3.07. The number of carbonyl (C=O) groups excluding carboxylic acids is 2. The SMILES string of the molecule is CC(=O)/C(=C\N(C(C)=O)c1ccc2c(c1)N(C)S(=O)(=O)N2C)C(=O)O. The third-order valence-corrected chi connectivity index (χ3v) is 5.59. The van der Waals surface area contributed by atoms with E-state index in [4.69, 9.17) is 5.11 Å². The fraction of sp³-hybridized carbons (Fsp3) is 0.267. The second kappa shape index (κ2) is 6.20. The quantitative estimate of drug-likeness (QED) is 0.476. The summed E-state index contributed by atoms with van der Waals surface area (Å²) in [6.45, 7) is 2.28. The summed E-state index contributed by atoms with van der Waals surface area (Å²) in [5.41, 5.74) is 0.431. The number of carboxylic acid groups (broad SMARTS) is 1. The molecule has 0 radical (unpaired) electrons. The molecule has 1 amide bonds. The summed E-state index contributed by atoms with van der Waals surface area (Å²) < 4.78 is 26.5. The summed E-state index contributed by atoms with van der Waals surface area (Å²) >= 11 is 0. The van der Waals surface area contributed by atoms with Crippen molar-refractivity contribution in [3.05, 3.63) is 30.0 Å². The Labute approximate surface area is 144 Å². The van der Waals surface area contributed by atoms with Gasteiger partial charge in [0.15, 0.2) is 5.78 Å². The highest BCUT2D eigenvalue weighted by atomic mass is 32.2. The number of anilines is 3. The lowest BCUT2D eigenvalue weighted by Crippen LogP contribution is -2.32. The molecule has 25 heavy (non-hydrogen) atoms. The van der Waals surface area contributed by atoms with Crippen LogP contribution in [0.2, 0.25) is 0 Å². The van der Waals surface area contributed by atoms with E-state index in [-0.39, 0.29) is 5.69 Å². The second-order valence-electron chi connectivity index (χ2n) is 5.41. The van der Waals surface area contributed by atoms with Crippen LogP contribution in [0.1, 0.15) is 13.8 Å². The molecular formula is C15H17N3O6S. The molecule has 1 aromatic rings. The van der Waals surface area contributed by atoms with Gasteiger partial charge in [-0.2, -0.15) is 8.42 Å². The van der Waals surface area contributed by atoms with E-state index in [0.29, 0.717) is 11.4 Å². The number of fused-ring (bicyclic) bond motifs is 1. The van der Waals surface area contributed by atoms with E-state index in [1.165, 1.54) is 39.2 Å². The molecule has 2 rings (SSSR count). The van der Waals surface area contributed by atoms with Crippen LogP contribution in [0, 0.1) is 0 Å². The van der Waals surface area contributed by atoms with E-state index in [9.17, 15) is 22.8 Å². The van der Waals surface area contributed by atoms with Gasteiger partial charge < -0.3 is 5.11 Å². The van der Waals surface area contributed by atoms with Crippen LogP contribution in [0.25, 0.3) is 0 Å². The maximum Gasteiger partial charge on any atom is 0.340 e. The molecule has 1 aliphatic rings. The van der Waals surface area contributed by atoms with Gasteiger partial charge in [0.1, 0.15) is 5.57 Å². The zero-order valence-electron chi connectivity index (χ0n) is 14.0. The standard InChI is InChI=1S/C15H17N3O6S/c1-9(19)12(15(21)22)8-18(10(2)20)11-5-6-13-14(7-11)17(4)25(23,24)16(13)3/h5-8H,1-4H3,(H,21,22)/b12-8+. The van der Waals surface area contributed by atoms with E-state index >= 15 is 0 Å². The van der Waals surface area contributed by atoms with Gasteiger partial charge in [-0.1, -0.05) is 0 Å². The molecule has 0 bridgehead atoms. The Balaban J connectivity index is 2.59. The van der Waals surface area contributed by atoms with Crippen molar-refractivity contribution < 1.29 is 27.9 Å². The first kappa shape index (κ1) is 18.5. The molecule has 0 spiro atoms. The lowest BCUT2D eigenvalue weighted by Gasteiger charge is -2.19. The number of Topliss-reactive ketones (excluding diaryl/α,β-unsaturated/α-hetero) is 1. The molecule has 10 heteroatoms. The predicted octanol–water partition coefficient (Wildman–Crippen LogP) is 0.728. The van der Waals surface area contributed by atoms with E-state index < -0.39 is 33.4 Å². The molecule has 1 N–H and O–H groups in total. The van der Waals surface area contributed by atoms with Gasteiger partial charge in [-0.05, 0) is 25.1 Å². The Morgan fingerprint density at radius 3 is 2.12 bits per heavy atom. The first-order valence-electron chi connectivity index (χ1n) is 7.11. The van der Waals surface area contributed by atoms with Crippen LogP contribution in [0.4, 0.5) is 17.1 Å². The van der Waals surface area contributed by atoms with Crippen LogP contribution >= 0.6 is 0 Å². The molecule has 1 aromatic carbocycles. The molecule has 0 saturated carbocycles. The van der Waals surface area contributed by atoms with Crippen molar-refractivity contribution in [2.24, 2.45) is 0 Å². The van der Waals surface area contributed by atoms with Gasteiger partial charge in [0, 0.05) is 27.2 Å². The highest BCUT2D eigenvalue weighted by Crippen LogP contribution is 2.41. The second-order valence-corrected chi connectivity index (χ2v) is 7.40. The predicted molar refractivity (Wildman–Crippen MR) is 91.7 cm³/mol. The number of amides is 1. The molecule has 0 atom stereocenters. The van der Waals surface area contributed by atoms with Crippen molar-refractivity contribution in [2.45, 2.75) is 13.8 Å². The monoisotopic (exact) mass is 367 g/mol. The topological polar surface area (TPSA) is 115 Å². The van der Waals surface area contributed by atoms with Crippen molar-refractivity contribution in [1.82, 2.24) is 0 Å². The van der Waals surface area contributed by atoms with Gasteiger partial charge in [-0.3, -0.25) is 23.1 Å². The molecule has 1 aliphatic heterocycles.